The zero-order chi connectivity index (χ0) is 14.3. The fourth-order valence-electron chi connectivity index (χ4n) is 1.15. The van der Waals surface area contributed by atoms with Gasteiger partial charge in [0.25, 0.3) is 5.91 Å². The highest BCUT2D eigenvalue weighted by atomic mass is 16.5. The molecule has 0 fully saturated rings. The minimum Gasteiger partial charge on any atom is -0.478 e. The molecule has 1 rings (SSSR count). The van der Waals surface area contributed by atoms with Crippen LogP contribution in [-0.4, -0.2) is 47.6 Å². The number of carboxylic acids is 1. The summed E-state index contributed by atoms with van der Waals surface area (Å²) in [7, 11) is 0. The maximum atomic E-state index is 11.6. The van der Waals surface area contributed by atoms with Crippen LogP contribution in [0.4, 0.5) is 0 Å². The lowest BCUT2D eigenvalue weighted by molar-refractivity contribution is -0.122. The number of pyridine rings is 1. The number of carboxylic acid groups (broad SMARTS) is 1. The zero-order valence-corrected chi connectivity index (χ0v) is 9.96. The van der Waals surface area contributed by atoms with E-state index in [1.54, 1.807) is 0 Å². The second-order valence-corrected chi connectivity index (χ2v) is 3.51. The van der Waals surface area contributed by atoms with E-state index in [0.29, 0.717) is 0 Å². The molecule has 2 amide bonds. The average molecular weight is 267 g/mol. The smallest absolute Gasteiger partial charge is 0.337 e. The Morgan fingerprint density at radius 3 is 2.63 bits per heavy atom. The molecule has 8 nitrogen and oxygen atoms in total. The van der Waals surface area contributed by atoms with E-state index < -0.39 is 17.8 Å². The van der Waals surface area contributed by atoms with Gasteiger partial charge >= 0.3 is 5.97 Å². The SMILES string of the molecule is NC(=O)COCCNC(=O)c1ccc(C(=O)O)cn1. The molecule has 0 atom stereocenters. The van der Waals surface area contributed by atoms with Crippen molar-refractivity contribution in [3.63, 3.8) is 0 Å². The van der Waals surface area contributed by atoms with Crippen molar-refractivity contribution in [2.45, 2.75) is 0 Å². The van der Waals surface area contributed by atoms with Crippen LogP contribution in [0.2, 0.25) is 0 Å². The number of nitrogens with zero attached hydrogens (tertiary/aromatic N) is 1. The molecule has 0 aliphatic heterocycles. The monoisotopic (exact) mass is 267 g/mol. The van der Waals surface area contributed by atoms with Crippen molar-refractivity contribution < 1.29 is 24.2 Å². The topological polar surface area (TPSA) is 132 Å². The van der Waals surface area contributed by atoms with Gasteiger partial charge in [-0.05, 0) is 12.1 Å². The van der Waals surface area contributed by atoms with Gasteiger partial charge in [0, 0.05) is 12.7 Å². The molecule has 102 valence electrons. The number of nitrogens with one attached hydrogen (secondary N) is 1. The predicted octanol–water partition coefficient (Wildman–Crippen LogP) is -0.988. The van der Waals surface area contributed by atoms with Gasteiger partial charge in [-0.25, -0.2) is 4.79 Å². The molecule has 0 saturated heterocycles. The van der Waals surface area contributed by atoms with Crippen LogP contribution in [0, 0.1) is 0 Å². The Hall–Kier alpha value is -2.48. The van der Waals surface area contributed by atoms with Crippen molar-refractivity contribution in [1.29, 1.82) is 0 Å². The van der Waals surface area contributed by atoms with E-state index in [0.717, 1.165) is 6.20 Å². The van der Waals surface area contributed by atoms with Crippen molar-refractivity contribution in [3.05, 3.63) is 29.6 Å². The Morgan fingerprint density at radius 2 is 2.11 bits per heavy atom. The fraction of sp³-hybridized carbons (Fsp3) is 0.273. The number of rotatable bonds is 7. The molecule has 0 aliphatic rings. The maximum absolute atomic E-state index is 11.6. The number of carbonyl (C=O) groups excluding carboxylic acids is 2. The van der Waals surface area contributed by atoms with Crippen LogP contribution in [0.5, 0.6) is 0 Å². The molecule has 19 heavy (non-hydrogen) atoms. The van der Waals surface area contributed by atoms with Crippen molar-refractivity contribution >= 4 is 17.8 Å². The first-order valence-corrected chi connectivity index (χ1v) is 5.34. The summed E-state index contributed by atoms with van der Waals surface area (Å²) in [6.07, 6.45) is 1.10. The molecule has 0 aliphatic carbocycles. The van der Waals surface area contributed by atoms with Gasteiger partial charge in [0.2, 0.25) is 5.91 Å². The van der Waals surface area contributed by atoms with Crippen molar-refractivity contribution in [2.75, 3.05) is 19.8 Å². The van der Waals surface area contributed by atoms with Gasteiger partial charge in [-0.2, -0.15) is 0 Å². The van der Waals surface area contributed by atoms with Crippen LogP contribution < -0.4 is 11.1 Å². The summed E-state index contributed by atoms with van der Waals surface area (Å²) in [5.74, 6) is -2.16. The number of nitrogens with two attached hydrogens (primary N) is 1. The summed E-state index contributed by atoms with van der Waals surface area (Å²) in [5.41, 5.74) is 4.95. The van der Waals surface area contributed by atoms with Gasteiger partial charge in [-0.1, -0.05) is 0 Å². The second kappa shape index (κ2) is 7.07. The minimum atomic E-state index is -1.11. The Labute approximate surface area is 108 Å². The summed E-state index contributed by atoms with van der Waals surface area (Å²) < 4.78 is 4.84. The quantitative estimate of drug-likeness (QED) is 0.543. The predicted molar refractivity (Wildman–Crippen MR) is 63.5 cm³/mol. The first-order valence-electron chi connectivity index (χ1n) is 5.34. The van der Waals surface area contributed by atoms with Crippen molar-refractivity contribution in [3.8, 4) is 0 Å². The lowest BCUT2D eigenvalue weighted by Gasteiger charge is -2.05. The zero-order valence-electron chi connectivity index (χ0n) is 9.96. The summed E-state index contributed by atoms with van der Waals surface area (Å²) >= 11 is 0. The van der Waals surface area contributed by atoms with Gasteiger partial charge in [-0.3, -0.25) is 14.6 Å². The second-order valence-electron chi connectivity index (χ2n) is 3.51. The van der Waals surface area contributed by atoms with Gasteiger partial charge < -0.3 is 20.9 Å². The molecule has 0 unspecified atom stereocenters. The van der Waals surface area contributed by atoms with E-state index >= 15 is 0 Å². The summed E-state index contributed by atoms with van der Waals surface area (Å²) in [6, 6.07) is 2.59. The van der Waals surface area contributed by atoms with Gasteiger partial charge in [0.15, 0.2) is 0 Å². The van der Waals surface area contributed by atoms with Gasteiger partial charge in [0.05, 0.1) is 12.2 Å². The summed E-state index contributed by atoms with van der Waals surface area (Å²) in [6.45, 7) is 0.123. The number of carbonyl (C=O) groups is 3. The highest BCUT2D eigenvalue weighted by Crippen LogP contribution is 2.00. The molecule has 1 aromatic heterocycles. The number of primary amides is 1. The van der Waals surface area contributed by atoms with Crippen LogP contribution >= 0.6 is 0 Å². The first kappa shape index (κ1) is 14.6. The van der Waals surface area contributed by atoms with Gasteiger partial charge in [0.1, 0.15) is 12.3 Å². The highest BCUT2D eigenvalue weighted by molar-refractivity contribution is 5.93. The van der Waals surface area contributed by atoms with E-state index in [4.69, 9.17) is 15.6 Å². The van der Waals surface area contributed by atoms with Crippen molar-refractivity contribution in [1.82, 2.24) is 10.3 Å². The molecule has 0 aromatic carbocycles. The number of ether oxygens (including phenoxy) is 1. The van der Waals surface area contributed by atoms with E-state index in [1.807, 2.05) is 0 Å². The van der Waals surface area contributed by atoms with Crippen LogP contribution in [0.3, 0.4) is 0 Å². The average Bonchev–Trinajstić information content (AvgIpc) is 2.37. The molecule has 0 saturated carbocycles. The largest absolute Gasteiger partial charge is 0.478 e. The lowest BCUT2D eigenvalue weighted by atomic mass is 10.2. The van der Waals surface area contributed by atoms with Crippen LogP contribution in [-0.2, 0) is 9.53 Å². The van der Waals surface area contributed by atoms with E-state index in [1.165, 1.54) is 12.1 Å². The number of hydrogen-bond acceptors (Lipinski definition) is 5. The highest BCUT2D eigenvalue weighted by Gasteiger charge is 2.08. The van der Waals surface area contributed by atoms with Crippen LogP contribution in [0.1, 0.15) is 20.8 Å². The van der Waals surface area contributed by atoms with E-state index in [9.17, 15) is 14.4 Å². The van der Waals surface area contributed by atoms with E-state index in [2.05, 4.69) is 10.3 Å². The molecule has 0 radical (unpaired) electrons. The van der Waals surface area contributed by atoms with Crippen LogP contribution in [0.25, 0.3) is 0 Å². The van der Waals surface area contributed by atoms with Crippen LogP contribution in [0.15, 0.2) is 18.3 Å². The standard InChI is InChI=1S/C11H13N3O5/c12-9(15)6-19-4-3-13-10(16)8-2-1-7(5-14-8)11(17)18/h1-2,5H,3-4,6H2,(H2,12,15)(H,13,16)(H,17,18). The molecular weight excluding hydrogens is 254 g/mol. The molecule has 1 aromatic rings. The molecule has 0 bridgehead atoms. The van der Waals surface area contributed by atoms with E-state index in [-0.39, 0.29) is 31.0 Å². The summed E-state index contributed by atoms with van der Waals surface area (Å²) in [5, 5.41) is 11.2. The molecule has 1 heterocycles. The minimum absolute atomic E-state index is 0.00124. The number of aromatic nitrogens is 1. The maximum Gasteiger partial charge on any atom is 0.337 e. The molecule has 4 N–H and O–H groups in total. The molecule has 0 spiro atoms. The molecule has 8 heteroatoms. The molecular formula is C11H13N3O5. The third-order valence-corrected chi connectivity index (χ3v) is 2.02. The normalized spacial score (nSPS) is 9.89. The third-order valence-electron chi connectivity index (χ3n) is 2.02. The number of amides is 2. The Kier molecular flexibility index (Phi) is 5.42. The summed E-state index contributed by atoms with van der Waals surface area (Å²) in [4.78, 5) is 36.2. The lowest BCUT2D eigenvalue weighted by Crippen LogP contribution is -2.29. The third kappa shape index (κ3) is 5.13. The number of hydrogen-bond donors (Lipinski definition) is 3. The van der Waals surface area contributed by atoms with Gasteiger partial charge in [-0.15, -0.1) is 0 Å². The Balaban J connectivity index is 2.37. The Morgan fingerprint density at radius 1 is 1.37 bits per heavy atom. The Bertz CT molecular complexity index is 472. The van der Waals surface area contributed by atoms with Crippen molar-refractivity contribution in [2.24, 2.45) is 5.73 Å². The first-order chi connectivity index (χ1) is 9.00. The number of aromatic carboxylic acids is 1. The fourth-order valence-corrected chi connectivity index (χ4v) is 1.15.